The zero-order valence-electron chi connectivity index (χ0n) is 16.8. The van der Waals surface area contributed by atoms with Crippen molar-refractivity contribution in [1.29, 1.82) is 5.41 Å². The average molecular weight is 399 g/mol. The van der Waals surface area contributed by atoms with Gasteiger partial charge in [-0.15, -0.1) is 0 Å². The number of nitrogens with two attached hydrogens (primary N) is 1. The van der Waals surface area contributed by atoms with E-state index in [1.807, 2.05) is 37.3 Å². The van der Waals surface area contributed by atoms with Crippen LogP contribution in [0.15, 0.2) is 42.0 Å². The van der Waals surface area contributed by atoms with Crippen molar-refractivity contribution in [2.75, 3.05) is 13.2 Å². The van der Waals surface area contributed by atoms with Crippen LogP contribution in [0.3, 0.4) is 0 Å². The van der Waals surface area contributed by atoms with E-state index in [0.29, 0.717) is 37.7 Å². The van der Waals surface area contributed by atoms with Crippen molar-refractivity contribution in [2.45, 2.75) is 45.1 Å². The molecule has 1 aliphatic carbocycles. The summed E-state index contributed by atoms with van der Waals surface area (Å²) in [5, 5.41) is 21.6. The minimum atomic E-state index is -0.690. The molecule has 0 fully saturated rings. The fraction of sp³-hybridized carbons (Fsp3) is 0.409. The van der Waals surface area contributed by atoms with Crippen LogP contribution >= 0.6 is 0 Å². The molecule has 0 saturated heterocycles. The summed E-state index contributed by atoms with van der Waals surface area (Å²) in [4.78, 5) is 25.1. The smallest absolute Gasteiger partial charge is 0.248 e. The van der Waals surface area contributed by atoms with Gasteiger partial charge in [-0.3, -0.25) is 15.0 Å². The molecule has 2 amide bonds. The molecule has 1 unspecified atom stereocenters. The number of hydrogen-bond donors (Lipinski definition) is 5. The Morgan fingerprint density at radius 1 is 1.21 bits per heavy atom. The number of benzene rings is 1. The van der Waals surface area contributed by atoms with Gasteiger partial charge < -0.3 is 21.5 Å². The van der Waals surface area contributed by atoms with Crippen LogP contribution in [-0.4, -0.2) is 41.9 Å². The normalized spacial score (nSPS) is 14.0. The largest absolute Gasteiger partial charge is 0.395 e. The van der Waals surface area contributed by atoms with E-state index in [0.717, 1.165) is 11.1 Å². The number of amides is 2. The van der Waals surface area contributed by atoms with E-state index in [-0.39, 0.29) is 30.8 Å². The molecule has 0 bridgehead atoms. The Balaban J connectivity index is 1.93. The molecule has 0 saturated carbocycles. The highest BCUT2D eigenvalue weighted by Crippen LogP contribution is 2.28. The molecule has 0 aliphatic heterocycles. The van der Waals surface area contributed by atoms with Crippen molar-refractivity contribution < 1.29 is 14.7 Å². The Bertz CT molecular complexity index is 797. The number of allylic oxidation sites excluding steroid dienone is 3. The summed E-state index contributed by atoms with van der Waals surface area (Å²) in [5.74, 6) is -0.472. The molecule has 0 spiro atoms. The highest BCUT2D eigenvalue weighted by atomic mass is 16.3. The van der Waals surface area contributed by atoms with Crippen LogP contribution in [0.2, 0.25) is 0 Å². The Kier molecular flexibility index (Phi) is 8.61. The number of aryl methyl sites for hydroxylation is 1. The molecule has 156 valence electrons. The van der Waals surface area contributed by atoms with Crippen molar-refractivity contribution in [3.63, 3.8) is 0 Å². The van der Waals surface area contributed by atoms with Crippen molar-refractivity contribution in [1.82, 2.24) is 10.6 Å². The molecule has 1 atom stereocenters. The lowest BCUT2D eigenvalue weighted by Crippen LogP contribution is -2.47. The second-order valence-electron chi connectivity index (χ2n) is 7.24. The number of unbranched alkanes of at least 4 members (excludes halogenated alkanes) is 1. The second-order valence-corrected chi connectivity index (χ2v) is 7.24. The molecular formula is C22H30N4O3. The zero-order valence-corrected chi connectivity index (χ0v) is 16.8. The first kappa shape index (κ1) is 22.4. The second kappa shape index (κ2) is 11.2. The molecular weight excluding hydrogens is 368 g/mol. The number of hydrogen-bond acceptors (Lipinski definition) is 4. The van der Waals surface area contributed by atoms with Crippen LogP contribution in [0, 0.1) is 12.3 Å². The van der Waals surface area contributed by atoms with E-state index < -0.39 is 6.04 Å². The number of rotatable bonds is 11. The van der Waals surface area contributed by atoms with Crippen LogP contribution in [-0.2, 0) is 9.59 Å². The minimum Gasteiger partial charge on any atom is -0.395 e. The van der Waals surface area contributed by atoms with Crippen molar-refractivity contribution in [3.05, 3.63) is 53.1 Å². The van der Waals surface area contributed by atoms with Gasteiger partial charge in [0.15, 0.2) is 0 Å². The molecule has 6 N–H and O–H groups in total. The van der Waals surface area contributed by atoms with E-state index >= 15 is 0 Å². The summed E-state index contributed by atoms with van der Waals surface area (Å²) < 4.78 is 0. The summed E-state index contributed by atoms with van der Waals surface area (Å²) in [5.41, 5.74) is 9.30. The van der Waals surface area contributed by atoms with Gasteiger partial charge in [-0.25, -0.2) is 0 Å². The Morgan fingerprint density at radius 2 is 1.93 bits per heavy atom. The van der Waals surface area contributed by atoms with Crippen LogP contribution in [0.25, 0.3) is 5.57 Å². The Labute approximate surface area is 171 Å². The number of amidine groups is 1. The predicted octanol–water partition coefficient (Wildman–Crippen LogP) is 1.80. The zero-order chi connectivity index (χ0) is 21.2. The van der Waals surface area contributed by atoms with Crippen LogP contribution < -0.4 is 16.4 Å². The summed E-state index contributed by atoms with van der Waals surface area (Å²) in [6.07, 6.45) is 6.50. The molecule has 1 aromatic rings. The van der Waals surface area contributed by atoms with E-state index in [4.69, 9.17) is 16.2 Å². The molecule has 29 heavy (non-hydrogen) atoms. The lowest BCUT2D eigenvalue weighted by Gasteiger charge is -2.19. The quantitative estimate of drug-likeness (QED) is 0.221. The molecule has 0 heterocycles. The van der Waals surface area contributed by atoms with E-state index in [1.165, 1.54) is 5.56 Å². The Morgan fingerprint density at radius 3 is 2.59 bits per heavy atom. The van der Waals surface area contributed by atoms with Crippen LogP contribution in [0.1, 0.15) is 43.2 Å². The maximum atomic E-state index is 12.7. The van der Waals surface area contributed by atoms with E-state index in [2.05, 4.69) is 10.6 Å². The standard InChI is InChI=1S/C22H30N4O3/c1-15-6-8-16(9-7-15)17-10-11-18(14-17)21(28)26-19(22(29)25-12-13-27)4-2-3-5-20(23)24/h6-11,19,27H,2-5,12-14H2,1H3,(H3,23,24)(H,25,29)(H,26,28). The van der Waals surface area contributed by atoms with Gasteiger partial charge >= 0.3 is 0 Å². The van der Waals surface area contributed by atoms with Gasteiger partial charge in [0.05, 0.1) is 12.4 Å². The van der Waals surface area contributed by atoms with E-state index in [1.54, 1.807) is 6.08 Å². The predicted molar refractivity (Wildman–Crippen MR) is 114 cm³/mol. The first-order valence-corrected chi connectivity index (χ1v) is 9.90. The van der Waals surface area contributed by atoms with Gasteiger partial charge in [0.2, 0.25) is 11.8 Å². The van der Waals surface area contributed by atoms with Crippen LogP contribution in [0.5, 0.6) is 0 Å². The number of nitrogens with one attached hydrogen (secondary N) is 3. The van der Waals surface area contributed by atoms with Crippen molar-refractivity contribution in [2.24, 2.45) is 5.73 Å². The number of carbonyl (C=O) groups is 2. The van der Waals surface area contributed by atoms with Gasteiger partial charge in [0.25, 0.3) is 0 Å². The summed E-state index contributed by atoms with van der Waals surface area (Å²) >= 11 is 0. The van der Waals surface area contributed by atoms with Crippen LogP contribution in [0.4, 0.5) is 0 Å². The van der Waals surface area contributed by atoms with Gasteiger partial charge in [-0.1, -0.05) is 48.4 Å². The SMILES string of the molecule is Cc1ccc(C2=CC=C(C(=O)NC(CCCCC(=N)N)C(=O)NCCO)C2)cc1. The van der Waals surface area contributed by atoms with Gasteiger partial charge in [-0.05, 0) is 30.9 Å². The summed E-state index contributed by atoms with van der Waals surface area (Å²) in [6.45, 7) is 2.01. The minimum absolute atomic E-state index is 0.112. The third-order valence-corrected chi connectivity index (χ3v) is 4.80. The van der Waals surface area contributed by atoms with Crippen molar-refractivity contribution >= 4 is 23.2 Å². The first-order chi connectivity index (χ1) is 13.9. The van der Waals surface area contributed by atoms with Gasteiger partial charge in [0, 0.05) is 25.0 Å². The molecule has 7 heteroatoms. The highest BCUT2D eigenvalue weighted by molar-refractivity contribution is 6.00. The number of aliphatic hydroxyl groups is 1. The summed E-state index contributed by atoms with van der Waals surface area (Å²) in [7, 11) is 0. The maximum Gasteiger partial charge on any atom is 0.248 e. The third kappa shape index (κ3) is 7.19. The highest BCUT2D eigenvalue weighted by Gasteiger charge is 2.23. The number of carbonyl (C=O) groups excluding carboxylic acids is 2. The number of aliphatic hydroxyl groups excluding tert-OH is 1. The lowest BCUT2D eigenvalue weighted by atomic mass is 10.0. The van der Waals surface area contributed by atoms with Gasteiger partial charge in [-0.2, -0.15) is 0 Å². The third-order valence-electron chi connectivity index (χ3n) is 4.80. The Hall–Kier alpha value is -2.93. The molecule has 7 nitrogen and oxygen atoms in total. The van der Waals surface area contributed by atoms with E-state index in [9.17, 15) is 9.59 Å². The molecule has 1 aromatic carbocycles. The fourth-order valence-corrected chi connectivity index (χ4v) is 3.13. The van der Waals surface area contributed by atoms with Gasteiger partial charge in [0.1, 0.15) is 6.04 Å². The lowest BCUT2D eigenvalue weighted by molar-refractivity contribution is -0.127. The maximum absolute atomic E-state index is 12.7. The first-order valence-electron chi connectivity index (χ1n) is 9.90. The fourth-order valence-electron chi connectivity index (χ4n) is 3.13. The molecule has 1 aliphatic rings. The monoisotopic (exact) mass is 398 g/mol. The summed E-state index contributed by atoms with van der Waals surface area (Å²) in [6, 6.07) is 7.46. The topological polar surface area (TPSA) is 128 Å². The molecule has 0 radical (unpaired) electrons. The van der Waals surface area contributed by atoms with Crippen molar-refractivity contribution in [3.8, 4) is 0 Å². The average Bonchev–Trinajstić information content (AvgIpc) is 3.19. The molecule has 0 aromatic heterocycles. The molecule has 2 rings (SSSR count).